The maximum Gasteiger partial charge on any atom is 0.315 e. The van der Waals surface area contributed by atoms with Crippen molar-refractivity contribution in [2.24, 2.45) is 0 Å². The predicted molar refractivity (Wildman–Crippen MR) is 62.2 cm³/mol. The van der Waals surface area contributed by atoms with Crippen molar-refractivity contribution in [2.75, 3.05) is 6.54 Å². The van der Waals surface area contributed by atoms with E-state index in [2.05, 4.69) is 16.0 Å². The second kappa shape index (κ2) is 6.57. The maximum atomic E-state index is 11.6. The van der Waals surface area contributed by atoms with E-state index in [1.54, 1.807) is 26.0 Å². The van der Waals surface area contributed by atoms with E-state index in [1.165, 1.54) is 6.26 Å². The molecule has 0 radical (unpaired) electrons. The van der Waals surface area contributed by atoms with E-state index in [9.17, 15) is 9.59 Å². The van der Waals surface area contributed by atoms with Gasteiger partial charge in [-0.3, -0.25) is 4.79 Å². The number of nitrogens with one attached hydrogen (secondary N) is 3. The summed E-state index contributed by atoms with van der Waals surface area (Å²) in [6, 6.07) is 2.57. The Morgan fingerprint density at radius 2 is 2.18 bits per heavy atom. The first kappa shape index (κ1) is 13.1. The highest BCUT2D eigenvalue weighted by atomic mass is 16.3. The van der Waals surface area contributed by atoms with Crippen LogP contribution in [0.5, 0.6) is 0 Å². The van der Waals surface area contributed by atoms with Crippen LogP contribution in [0.3, 0.4) is 0 Å². The van der Waals surface area contributed by atoms with Gasteiger partial charge in [0.05, 0.1) is 12.8 Å². The zero-order valence-corrected chi connectivity index (χ0v) is 9.95. The van der Waals surface area contributed by atoms with E-state index >= 15 is 0 Å². The molecule has 0 bridgehead atoms. The van der Waals surface area contributed by atoms with Gasteiger partial charge in [-0.2, -0.15) is 0 Å². The summed E-state index contributed by atoms with van der Waals surface area (Å²) < 4.78 is 5.07. The molecular formula is C11H17N3O3. The molecular weight excluding hydrogens is 222 g/mol. The van der Waals surface area contributed by atoms with Gasteiger partial charge >= 0.3 is 6.03 Å². The van der Waals surface area contributed by atoms with Crippen molar-refractivity contribution < 1.29 is 14.0 Å². The van der Waals surface area contributed by atoms with E-state index in [4.69, 9.17) is 4.42 Å². The zero-order chi connectivity index (χ0) is 12.7. The minimum atomic E-state index is -0.587. The fourth-order valence-corrected chi connectivity index (χ4v) is 1.21. The van der Waals surface area contributed by atoms with Crippen LogP contribution in [0.2, 0.25) is 0 Å². The van der Waals surface area contributed by atoms with Gasteiger partial charge in [0, 0.05) is 6.54 Å². The zero-order valence-electron chi connectivity index (χ0n) is 9.95. The maximum absolute atomic E-state index is 11.6. The van der Waals surface area contributed by atoms with Gasteiger partial charge in [-0.15, -0.1) is 0 Å². The number of hydrogen-bond donors (Lipinski definition) is 3. The molecule has 0 aliphatic carbocycles. The summed E-state index contributed by atoms with van der Waals surface area (Å²) in [5.74, 6) is 0.413. The Morgan fingerprint density at radius 1 is 1.41 bits per heavy atom. The molecule has 1 aromatic rings. The van der Waals surface area contributed by atoms with E-state index in [1.807, 2.05) is 0 Å². The van der Waals surface area contributed by atoms with Crippen LogP contribution in [0.4, 0.5) is 4.79 Å². The molecule has 1 atom stereocenters. The Kier molecular flexibility index (Phi) is 5.06. The summed E-state index contributed by atoms with van der Waals surface area (Å²) in [6.07, 6.45) is 1.54. The fraction of sp³-hybridized carbons (Fsp3) is 0.455. The molecule has 1 rings (SSSR count). The van der Waals surface area contributed by atoms with Crippen molar-refractivity contribution >= 4 is 11.9 Å². The van der Waals surface area contributed by atoms with Crippen molar-refractivity contribution in [1.29, 1.82) is 0 Å². The third-order valence-electron chi connectivity index (χ3n) is 2.10. The van der Waals surface area contributed by atoms with E-state index in [-0.39, 0.29) is 11.9 Å². The molecule has 0 aliphatic rings. The van der Waals surface area contributed by atoms with Gasteiger partial charge < -0.3 is 20.4 Å². The Bertz CT molecular complexity index is 362. The highest BCUT2D eigenvalue weighted by Crippen LogP contribution is 1.98. The van der Waals surface area contributed by atoms with Crippen molar-refractivity contribution in [2.45, 2.75) is 26.4 Å². The van der Waals surface area contributed by atoms with Gasteiger partial charge in [-0.05, 0) is 26.0 Å². The number of rotatable bonds is 5. The highest BCUT2D eigenvalue weighted by Gasteiger charge is 2.14. The number of carbonyl (C=O) groups excluding carboxylic acids is 2. The van der Waals surface area contributed by atoms with Crippen LogP contribution in [0, 0.1) is 0 Å². The predicted octanol–water partition coefficient (Wildman–Crippen LogP) is 0.603. The molecule has 17 heavy (non-hydrogen) atoms. The summed E-state index contributed by atoms with van der Waals surface area (Å²) in [6.45, 7) is 4.26. The molecule has 0 aromatic carbocycles. The van der Waals surface area contributed by atoms with E-state index in [0.29, 0.717) is 18.8 Å². The van der Waals surface area contributed by atoms with Crippen LogP contribution in [0.1, 0.15) is 19.6 Å². The first-order chi connectivity index (χ1) is 8.13. The van der Waals surface area contributed by atoms with Crippen LogP contribution in [0.15, 0.2) is 22.8 Å². The Balaban J connectivity index is 2.29. The lowest BCUT2D eigenvalue weighted by Crippen LogP contribution is -2.48. The van der Waals surface area contributed by atoms with Crippen molar-refractivity contribution in [3.05, 3.63) is 24.2 Å². The Labute approximate surface area is 99.8 Å². The molecule has 1 heterocycles. The monoisotopic (exact) mass is 239 g/mol. The fourth-order valence-electron chi connectivity index (χ4n) is 1.21. The molecule has 6 heteroatoms. The number of furan rings is 1. The van der Waals surface area contributed by atoms with Gasteiger partial charge in [0.2, 0.25) is 5.91 Å². The standard InChI is InChI=1S/C11H17N3O3/c1-3-12-11(16)14-8(2)10(15)13-7-9-5-4-6-17-9/h4-6,8H,3,7H2,1-2H3,(H,13,15)(H2,12,14,16). The third kappa shape index (κ3) is 4.58. The summed E-state index contributed by atoms with van der Waals surface area (Å²) in [4.78, 5) is 22.8. The van der Waals surface area contributed by atoms with Gasteiger partial charge in [0.1, 0.15) is 11.8 Å². The van der Waals surface area contributed by atoms with Crippen LogP contribution < -0.4 is 16.0 Å². The van der Waals surface area contributed by atoms with Gasteiger partial charge in [-0.1, -0.05) is 0 Å². The Hall–Kier alpha value is -1.98. The molecule has 0 saturated heterocycles. The second-order valence-electron chi connectivity index (χ2n) is 3.52. The van der Waals surface area contributed by atoms with Crippen LogP contribution in [-0.4, -0.2) is 24.5 Å². The first-order valence-corrected chi connectivity index (χ1v) is 5.48. The largest absolute Gasteiger partial charge is 0.467 e. The molecule has 0 aliphatic heterocycles. The molecule has 1 aromatic heterocycles. The first-order valence-electron chi connectivity index (χ1n) is 5.48. The van der Waals surface area contributed by atoms with Crippen molar-refractivity contribution in [3.8, 4) is 0 Å². The highest BCUT2D eigenvalue weighted by molar-refractivity contribution is 5.86. The smallest absolute Gasteiger partial charge is 0.315 e. The normalized spacial score (nSPS) is 11.6. The number of hydrogen-bond acceptors (Lipinski definition) is 3. The quantitative estimate of drug-likeness (QED) is 0.703. The molecule has 6 nitrogen and oxygen atoms in total. The summed E-state index contributed by atoms with van der Waals surface area (Å²) in [5, 5.41) is 7.73. The van der Waals surface area contributed by atoms with Gasteiger partial charge in [0.25, 0.3) is 0 Å². The lowest BCUT2D eigenvalue weighted by Gasteiger charge is -2.13. The van der Waals surface area contributed by atoms with E-state index in [0.717, 1.165) is 0 Å². The molecule has 94 valence electrons. The van der Waals surface area contributed by atoms with Crippen LogP contribution in [0.25, 0.3) is 0 Å². The molecule has 3 N–H and O–H groups in total. The second-order valence-corrected chi connectivity index (χ2v) is 3.52. The molecule has 1 unspecified atom stereocenters. The van der Waals surface area contributed by atoms with Crippen molar-refractivity contribution in [1.82, 2.24) is 16.0 Å². The van der Waals surface area contributed by atoms with Crippen LogP contribution in [-0.2, 0) is 11.3 Å². The van der Waals surface area contributed by atoms with E-state index < -0.39 is 6.04 Å². The molecule has 0 saturated carbocycles. The number of carbonyl (C=O) groups is 2. The summed E-state index contributed by atoms with van der Waals surface area (Å²) in [7, 11) is 0. The topological polar surface area (TPSA) is 83.4 Å². The Morgan fingerprint density at radius 3 is 2.76 bits per heavy atom. The van der Waals surface area contributed by atoms with Gasteiger partial charge in [-0.25, -0.2) is 4.79 Å². The van der Waals surface area contributed by atoms with Crippen molar-refractivity contribution in [3.63, 3.8) is 0 Å². The third-order valence-corrected chi connectivity index (χ3v) is 2.10. The van der Waals surface area contributed by atoms with Gasteiger partial charge in [0.15, 0.2) is 0 Å². The number of urea groups is 1. The lowest BCUT2D eigenvalue weighted by atomic mass is 10.3. The summed E-state index contributed by atoms with van der Waals surface area (Å²) >= 11 is 0. The molecule has 0 spiro atoms. The average molecular weight is 239 g/mol. The molecule has 0 fully saturated rings. The van der Waals surface area contributed by atoms with Crippen LogP contribution >= 0.6 is 0 Å². The number of amides is 3. The minimum absolute atomic E-state index is 0.257. The minimum Gasteiger partial charge on any atom is -0.467 e. The SMILES string of the molecule is CCNC(=O)NC(C)C(=O)NCc1ccco1. The average Bonchev–Trinajstić information content (AvgIpc) is 2.78. The lowest BCUT2D eigenvalue weighted by molar-refractivity contribution is -0.122. The summed E-state index contributed by atoms with van der Waals surface area (Å²) in [5.41, 5.74) is 0. The molecule has 3 amide bonds.